The van der Waals surface area contributed by atoms with E-state index in [2.05, 4.69) is 0 Å². The Morgan fingerprint density at radius 2 is 2.05 bits per heavy atom. The first kappa shape index (κ1) is 14.5. The topological polar surface area (TPSA) is 59.7 Å². The summed E-state index contributed by atoms with van der Waals surface area (Å²) in [7, 11) is 0. The number of halogens is 1. The number of phenolic OH excluding ortho intramolecular Hbond substituents is 1. The van der Waals surface area contributed by atoms with Gasteiger partial charge in [0.1, 0.15) is 17.3 Å². The fourth-order valence-electron chi connectivity index (χ4n) is 2.24. The van der Waals surface area contributed by atoms with Crippen LogP contribution in [0.1, 0.15) is 6.92 Å². The zero-order chi connectivity index (χ0) is 15.7. The molecule has 0 radical (unpaired) electrons. The van der Waals surface area contributed by atoms with Gasteiger partial charge in [-0.2, -0.15) is 0 Å². The molecule has 0 saturated heterocycles. The monoisotopic (exact) mass is 316 g/mol. The Balaban J connectivity index is 2.24. The zero-order valence-electron chi connectivity index (χ0n) is 11.8. The van der Waals surface area contributed by atoms with Crippen LogP contribution in [0, 0.1) is 0 Å². The first-order chi connectivity index (χ1) is 10.6. The Morgan fingerprint density at radius 1 is 1.23 bits per heavy atom. The van der Waals surface area contributed by atoms with Crippen molar-refractivity contribution < 1.29 is 14.3 Å². The van der Waals surface area contributed by atoms with Crippen molar-refractivity contribution in [3.05, 3.63) is 57.7 Å². The van der Waals surface area contributed by atoms with E-state index >= 15 is 0 Å². The average Bonchev–Trinajstić information content (AvgIpc) is 2.50. The first-order valence-electron chi connectivity index (χ1n) is 6.78. The summed E-state index contributed by atoms with van der Waals surface area (Å²) in [6.07, 6.45) is 0. The fourth-order valence-corrected chi connectivity index (χ4v) is 2.46. The lowest BCUT2D eigenvalue weighted by Gasteiger charge is -2.09. The highest BCUT2D eigenvalue weighted by Gasteiger charge is 2.13. The van der Waals surface area contributed by atoms with Crippen molar-refractivity contribution in [2.45, 2.75) is 6.92 Å². The second kappa shape index (κ2) is 5.73. The van der Waals surface area contributed by atoms with Crippen LogP contribution in [0.4, 0.5) is 0 Å². The summed E-state index contributed by atoms with van der Waals surface area (Å²) >= 11 is 6.09. The highest BCUT2D eigenvalue weighted by molar-refractivity contribution is 6.34. The highest BCUT2D eigenvalue weighted by atomic mass is 35.5. The third-order valence-corrected chi connectivity index (χ3v) is 3.55. The van der Waals surface area contributed by atoms with Crippen LogP contribution in [0.3, 0.4) is 0 Å². The Labute approximate surface area is 131 Å². The summed E-state index contributed by atoms with van der Waals surface area (Å²) < 4.78 is 11.1. The minimum absolute atomic E-state index is 0.00185. The van der Waals surface area contributed by atoms with Crippen molar-refractivity contribution >= 4 is 22.6 Å². The van der Waals surface area contributed by atoms with Gasteiger partial charge in [0.25, 0.3) is 0 Å². The molecule has 3 aromatic rings. The molecular weight excluding hydrogens is 304 g/mol. The summed E-state index contributed by atoms with van der Waals surface area (Å²) in [5.41, 5.74) is 0.456. The van der Waals surface area contributed by atoms with Crippen LogP contribution in [-0.4, -0.2) is 11.7 Å². The van der Waals surface area contributed by atoms with Gasteiger partial charge in [0.05, 0.1) is 22.6 Å². The average molecular weight is 317 g/mol. The predicted octanol–water partition coefficient (Wildman–Crippen LogP) is 4.22. The number of fused-ring (bicyclic) bond motifs is 1. The molecule has 0 aliphatic rings. The number of phenols is 1. The molecule has 1 heterocycles. The predicted molar refractivity (Wildman–Crippen MR) is 85.8 cm³/mol. The van der Waals surface area contributed by atoms with Crippen LogP contribution in [0.5, 0.6) is 11.5 Å². The third kappa shape index (κ3) is 2.53. The summed E-state index contributed by atoms with van der Waals surface area (Å²) in [6.45, 7) is 2.36. The van der Waals surface area contributed by atoms with Crippen molar-refractivity contribution in [3.63, 3.8) is 0 Å². The van der Waals surface area contributed by atoms with E-state index in [1.165, 1.54) is 12.1 Å². The van der Waals surface area contributed by atoms with Crippen LogP contribution in [0.15, 0.2) is 51.7 Å². The fraction of sp³-hybridized carbons (Fsp3) is 0.118. The summed E-state index contributed by atoms with van der Waals surface area (Å²) in [4.78, 5) is 12.2. The number of hydrogen-bond acceptors (Lipinski definition) is 4. The smallest absolute Gasteiger partial charge is 0.193 e. The van der Waals surface area contributed by atoms with E-state index < -0.39 is 0 Å². The van der Waals surface area contributed by atoms with Gasteiger partial charge in [0.15, 0.2) is 11.0 Å². The van der Waals surface area contributed by atoms with Gasteiger partial charge >= 0.3 is 0 Å². The lowest BCUT2D eigenvalue weighted by molar-refractivity contribution is 0.339. The number of benzene rings is 2. The molecule has 5 heteroatoms. The maximum atomic E-state index is 12.2. The normalized spacial score (nSPS) is 10.8. The third-order valence-electron chi connectivity index (χ3n) is 3.25. The molecule has 3 rings (SSSR count). The van der Waals surface area contributed by atoms with Crippen molar-refractivity contribution in [2.24, 2.45) is 0 Å². The van der Waals surface area contributed by atoms with E-state index in [4.69, 9.17) is 20.8 Å². The molecule has 0 atom stereocenters. The molecule has 0 spiro atoms. The van der Waals surface area contributed by atoms with E-state index in [9.17, 15) is 9.90 Å². The van der Waals surface area contributed by atoms with Crippen LogP contribution in [-0.2, 0) is 0 Å². The summed E-state index contributed by atoms with van der Waals surface area (Å²) in [5, 5.41) is 10.8. The second-order valence-electron chi connectivity index (χ2n) is 4.70. The summed E-state index contributed by atoms with van der Waals surface area (Å²) in [6, 6.07) is 11.1. The number of aromatic hydroxyl groups is 1. The number of hydrogen-bond donors (Lipinski definition) is 1. The van der Waals surface area contributed by atoms with E-state index in [1.54, 1.807) is 30.3 Å². The lowest BCUT2D eigenvalue weighted by Crippen LogP contribution is -2.00. The minimum Gasteiger partial charge on any atom is -0.507 e. The Kier molecular flexibility index (Phi) is 3.77. The Morgan fingerprint density at radius 3 is 2.82 bits per heavy atom. The maximum absolute atomic E-state index is 12.2. The van der Waals surface area contributed by atoms with Crippen molar-refractivity contribution in [1.82, 2.24) is 0 Å². The van der Waals surface area contributed by atoms with Gasteiger partial charge in [-0.1, -0.05) is 17.7 Å². The van der Waals surface area contributed by atoms with E-state index in [0.717, 1.165) is 0 Å². The Hall–Kier alpha value is -2.46. The molecule has 0 unspecified atom stereocenters. The molecule has 2 aromatic carbocycles. The molecule has 4 nitrogen and oxygen atoms in total. The molecule has 0 fully saturated rings. The van der Waals surface area contributed by atoms with Crippen LogP contribution < -0.4 is 10.2 Å². The molecule has 22 heavy (non-hydrogen) atoms. The molecule has 0 saturated carbocycles. The zero-order valence-corrected chi connectivity index (χ0v) is 12.6. The lowest BCUT2D eigenvalue weighted by atomic mass is 10.1. The van der Waals surface area contributed by atoms with E-state index in [1.807, 2.05) is 6.92 Å². The largest absolute Gasteiger partial charge is 0.507 e. The van der Waals surface area contributed by atoms with Crippen molar-refractivity contribution in [3.8, 4) is 22.8 Å². The number of para-hydroxylation sites is 1. The number of rotatable bonds is 3. The van der Waals surface area contributed by atoms with Gasteiger partial charge in [-0.15, -0.1) is 0 Å². The van der Waals surface area contributed by atoms with Crippen LogP contribution in [0.25, 0.3) is 22.3 Å². The van der Waals surface area contributed by atoms with Gasteiger partial charge in [-0.3, -0.25) is 4.79 Å². The minimum atomic E-state index is -0.222. The van der Waals surface area contributed by atoms with Crippen LogP contribution >= 0.6 is 11.6 Å². The SMILES string of the molecule is CCOc1ccc(O)c(-c2cc(=O)c3cccc(Cl)c3o2)c1. The summed E-state index contributed by atoms with van der Waals surface area (Å²) in [5.74, 6) is 0.819. The molecule has 0 amide bonds. The molecule has 1 aromatic heterocycles. The van der Waals surface area contributed by atoms with Gasteiger partial charge in [-0.05, 0) is 37.3 Å². The molecule has 112 valence electrons. The molecule has 0 aliphatic carbocycles. The molecule has 1 N–H and O–H groups in total. The van der Waals surface area contributed by atoms with Crippen LogP contribution in [0.2, 0.25) is 5.02 Å². The first-order valence-corrected chi connectivity index (χ1v) is 7.16. The van der Waals surface area contributed by atoms with Gasteiger partial charge in [0, 0.05) is 6.07 Å². The molecule has 0 aliphatic heterocycles. The van der Waals surface area contributed by atoms with E-state index in [-0.39, 0.29) is 16.9 Å². The maximum Gasteiger partial charge on any atom is 0.193 e. The molecule has 0 bridgehead atoms. The van der Waals surface area contributed by atoms with Gasteiger partial charge in [0.2, 0.25) is 0 Å². The highest BCUT2D eigenvalue weighted by Crippen LogP contribution is 2.34. The van der Waals surface area contributed by atoms with Gasteiger partial charge in [-0.25, -0.2) is 0 Å². The van der Waals surface area contributed by atoms with Crippen molar-refractivity contribution in [1.29, 1.82) is 0 Å². The van der Waals surface area contributed by atoms with Gasteiger partial charge < -0.3 is 14.3 Å². The Bertz CT molecular complexity index is 899. The van der Waals surface area contributed by atoms with Crippen molar-refractivity contribution in [2.75, 3.05) is 6.61 Å². The quantitative estimate of drug-likeness (QED) is 0.786. The standard InChI is InChI=1S/C17H13ClO4/c1-2-21-10-6-7-14(19)12(8-10)16-9-15(20)11-4-3-5-13(18)17(11)22-16/h3-9,19H,2H2,1H3. The van der Waals surface area contributed by atoms with E-state index in [0.29, 0.717) is 33.9 Å². The molecular formula is C17H13ClO4. The second-order valence-corrected chi connectivity index (χ2v) is 5.11. The number of ether oxygens (including phenoxy) is 1.